The maximum atomic E-state index is 13.8. The molecule has 3 aromatic rings. The van der Waals surface area contributed by atoms with Crippen molar-refractivity contribution in [1.82, 2.24) is 19.9 Å². The predicted octanol–water partition coefficient (Wildman–Crippen LogP) is 4.90. The second kappa shape index (κ2) is 9.99. The number of halogens is 2. The Bertz CT molecular complexity index is 1010. The van der Waals surface area contributed by atoms with E-state index in [0.29, 0.717) is 17.3 Å². The molecular formula is C21H22F2N4OS2. The van der Waals surface area contributed by atoms with Crippen molar-refractivity contribution in [3.8, 4) is 0 Å². The van der Waals surface area contributed by atoms with Crippen molar-refractivity contribution in [2.75, 3.05) is 7.05 Å². The van der Waals surface area contributed by atoms with E-state index in [1.807, 2.05) is 36.6 Å². The molecule has 1 N–H and O–H groups in total. The van der Waals surface area contributed by atoms with Crippen molar-refractivity contribution >= 4 is 29.2 Å². The standard InChI is InChI=1S/C21H22F2N4OS2/c1-13(2)19-20(30-17-9-14(22)8-15(23)10-17)27(11-16-6-4-5-7-25-16)18(26-19)12-28-21(29)24-3/h4-10,13H,11-12H2,1-3H3,(H,24,29). The summed E-state index contributed by atoms with van der Waals surface area (Å²) < 4.78 is 35.1. The van der Waals surface area contributed by atoms with E-state index in [1.165, 1.54) is 23.9 Å². The number of rotatable bonds is 7. The van der Waals surface area contributed by atoms with Gasteiger partial charge in [0.05, 0.1) is 17.9 Å². The van der Waals surface area contributed by atoms with Crippen LogP contribution in [-0.2, 0) is 17.9 Å². The van der Waals surface area contributed by atoms with Gasteiger partial charge in [-0.1, -0.05) is 31.7 Å². The fraction of sp³-hybridized carbons (Fsp3) is 0.286. The minimum atomic E-state index is -0.623. The lowest BCUT2D eigenvalue weighted by Gasteiger charge is -2.14. The third kappa shape index (κ3) is 5.54. The molecule has 5 nitrogen and oxygen atoms in total. The van der Waals surface area contributed by atoms with Gasteiger partial charge < -0.3 is 14.6 Å². The highest BCUT2D eigenvalue weighted by atomic mass is 32.2. The minimum absolute atomic E-state index is 0.0888. The molecule has 0 bridgehead atoms. The number of nitrogens with one attached hydrogen (secondary N) is 1. The summed E-state index contributed by atoms with van der Waals surface area (Å²) in [5.41, 5.74) is 1.64. The highest BCUT2D eigenvalue weighted by molar-refractivity contribution is 7.99. The molecule has 0 saturated heterocycles. The Kier molecular flexibility index (Phi) is 7.38. The topological polar surface area (TPSA) is 52.0 Å². The Morgan fingerprint density at radius 2 is 1.97 bits per heavy atom. The normalized spacial score (nSPS) is 11.0. The molecule has 2 heterocycles. The van der Waals surface area contributed by atoms with Gasteiger partial charge in [0.2, 0.25) is 0 Å². The van der Waals surface area contributed by atoms with Crippen LogP contribution in [0.1, 0.15) is 37.0 Å². The van der Waals surface area contributed by atoms with E-state index in [9.17, 15) is 8.78 Å². The number of hydrogen-bond donors (Lipinski definition) is 1. The molecule has 3 rings (SSSR count). The second-order valence-corrected chi connectivity index (χ2v) is 8.25. The Morgan fingerprint density at radius 1 is 1.23 bits per heavy atom. The van der Waals surface area contributed by atoms with Crippen LogP contribution in [-0.4, -0.2) is 26.8 Å². The molecule has 30 heavy (non-hydrogen) atoms. The molecule has 9 heteroatoms. The first-order valence-corrected chi connectivity index (χ1v) is 10.6. The predicted molar refractivity (Wildman–Crippen MR) is 117 cm³/mol. The maximum Gasteiger partial charge on any atom is 0.256 e. The Balaban J connectivity index is 2.06. The number of imidazole rings is 1. The number of thiocarbonyl (C=S) groups is 1. The van der Waals surface area contributed by atoms with Crippen molar-refractivity contribution in [1.29, 1.82) is 0 Å². The summed E-state index contributed by atoms with van der Waals surface area (Å²) in [5, 5.41) is 3.82. The van der Waals surface area contributed by atoms with Gasteiger partial charge in [-0.2, -0.15) is 0 Å². The fourth-order valence-corrected chi connectivity index (χ4v) is 4.11. The van der Waals surface area contributed by atoms with Crippen molar-refractivity contribution in [2.24, 2.45) is 0 Å². The zero-order valence-electron chi connectivity index (χ0n) is 16.9. The van der Waals surface area contributed by atoms with E-state index >= 15 is 0 Å². The lowest BCUT2D eigenvalue weighted by Crippen LogP contribution is -2.20. The zero-order valence-corrected chi connectivity index (χ0v) is 18.5. The lowest BCUT2D eigenvalue weighted by molar-refractivity contribution is 0.272. The van der Waals surface area contributed by atoms with E-state index in [2.05, 4.69) is 10.3 Å². The van der Waals surface area contributed by atoms with E-state index in [1.54, 1.807) is 13.2 Å². The monoisotopic (exact) mass is 448 g/mol. The Morgan fingerprint density at radius 3 is 2.57 bits per heavy atom. The summed E-state index contributed by atoms with van der Waals surface area (Å²) >= 11 is 6.35. The van der Waals surface area contributed by atoms with E-state index in [0.717, 1.165) is 22.5 Å². The van der Waals surface area contributed by atoms with Gasteiger partial charge >= 0.3 is 0 Å². The zero-order chi connectivity index (χ0) is 21.7. The second-order valence-electron chi connectivity index (χ2n) is 6.81. The van der Waals surface area contributed by atoms with Crippen LogP contribution in [0.5, 0.6) is 0 Å². The number of pyridine rings is 1. The van der Waals surface area contributed by atoms with Crippen LogP contribution in [0.4, 0.5) is 8.78 Å². The van der Waals surface area contributed by atoms with Crippen LogP contribution < -0.4 is 5.32 Å². The van der Waals surface area contributed by atoms with Gasteiger partial charge in [0.1, 0.15) is 29.1 Å². The summed E-state index contributed by atoms with van der Waals surface area (Å²) in [5.74, 6) is -0.503. The lowest BCUT2D eigenvalue weighted by atomic mass is 10.1. The number of ether oxygens (including phenoxy) is 1. The van der Waals surface area contributed by atoms with Gasteiger partial charge in [-0.25, -0.2) is 13.8 Å². The molecule has 0 aliphatic heterocycles. The molecule has 0 aliphatic rings. The van der Waals surface area contributed by atoms with Crippen LogP contribution in [0.2, 0.25) is 0 Å². The first-order valence-electron chi connectivity index (χ1n) is 9.35. The van der Waals surface area contributed by atoms with Crippen molar-refractivity contribution < 1.29 is 13.5 Å². The Hall–Kier alpha value is -2.52. The summed E-state index contributed by atoms with van der Waals surface area (Å²) in [6.45, 7) is 4.63. The number of hydrogen-bond acceptors (Lipinski definition) is 5. The van der Waals surface area contributed by atoms with Gasteiger partial charge in [0, 0.05) is 24.2 Å². The molecule has 0 radical (unpaired) electrons. The third-order valence-corrected chi connectivity index (χ3v) is 5.62. The van der Waals surface area contributed by atoms with Crippen LogP contribution in [0.3, 0.4) is 0 Å². The number of aromatic nitrogens is 3. The largest absolute Gasteiger partial charge is 0.463 e. The highest BCUT2D eigenvalue weighted by Crippen LogP contribution is 2.36. The van der Waals surface area contributed by atoms with Crippen LogP contribution in [0.15, 0.2) is 52.5 Å². The quantitative estimate of drug-likeness (QED) is 0.519. The molecule has 158 valence electrons. The number of nitrogens with zero attached hydrogens (tertiary/aromatic N) is 3. The molecular weight excluding hydrogens is 426 g/mol. The third-order valence-electron chi connectivity index (χ3n) is 4.21. The van der Waals surface area contributed by atoms with Gasteiger partial charge in [-0.3, -0.25) is 4.98 Å². The average molecular weight is 449 g/mol. The molecule has 0 saturated carbocycles. The van der Waals surface area contributed by atoms with Gasteiger partial charge in [0.25, 0.3) is 5.17 Å². The van der Waals surface area contributed by atoms with E-state index in [-0.39, 0.29) is 17.7 Å². The SMILES string of the molecule is CNC(=S)OCc1nc(C(C)C)c(Sc2cc(F)cc(F)c2)n1Cc1ccccn1. The van der Waals surface area contributed by atoms with Crippen LogP contribution >= 0.6 is 24.0 Å². The number of benzene rings is 1. The van der Waals surface area contributed by atoms with Crippen LogP contribution in [0.25, 0.3) is 0 Å². The smallest absolute Gasteiger partial charge is 0.256 e. The van der Waals surface area contributed by atoms with Gasteiger partial charge in [-0.05, 0) is 42.4 Å². The molecule has 0 amide bonds. The summed E-state index contributed by atoms with van der Waals surface area (Å²) in [6.07, 6.45) is 1.72. The first kappa shape index (κ1) is 22.2. The van der Waals surface area contributed by atoms with Crippen molar-refractivity contribution in [2.45, 2.75) is 42.8 Å². The van der Waals surface area contributed by atoms with Crippen LogP contribution in [0, 0.1) is 11.6 Å². The Labute approximate surface area is 183 Å². The molecule has 0 atom stereocenters. The van der Waals surface area contributed by atoms with E-state index in [4.69, 9.17) is 21.9 Å². The molecule has 0 unspecified atom stereocenters. The first-order chi connectivity index (χ1) is 14.4. The minimum Gasteiger partial charge on any atom is -0.463 e. The molecule has 0 fully saturated rings. The fourth-order valence-electron chi connectivity index (χ4n) is 2.81. The molecule has 1 aromatic carbocycles. The van der Waals surface area contributed by atoms with Crippen molar-refractivity contribution in [3.63, 3.8) is 0 Å². The van der Waals surface area contributed by atoms with E-state index < -0.39 is 11.6 Å². The summed E-state index contributed by atoms with van der Waals surface area (Å²) in [6, 6.07) is 9.14. The maximum absolute atomic E-state index is 13.8. The summed E-state index contributed by atoms with van der Waals surface area (Å²) in [7, 11) is 1.68. The molecule has 0 aliphatic carbocycles. The molecule has 2 aromatic heterocycles. The van der Waals surface area contributed by atoms with Gasteiger partial charge in [0.15, 0.2) is 0 Å². The highest BCUT2D eigenvalue weighted by Gasteiger charge is 2.22. The molecule has 0 spiro atoms. The van der Waals surface area contributed by atoms with Gasteiger partial charge in [-0.15, -0.1) is 0 Å². The van der Waals surface area contributed by atoms with Crippen molar-refractivity contribution in [3.05, 3.63) is 71.4 Å². The summed E-state index contributed by atoms with van der Waals surface area (Å²) in [4.78, 5) is 9.62. The average Bonchev–Trinajstić information content (AvgIpc) is 3.03.